The lowest BCUT2D eigenvalue weighted by molar-refractivity contribution is -0.121. The first-order valence-electron chi connectivity index (χ1n) is 10.6. The SMILES string of the molecule is Cc1ccc(Cc2nsc(Oc3ccc(CC(=O)NC4CCCCC4)cc3)n2)cc1. The molecule has 1 amide bonds. The summed E-state index contributed by atoms with van der Waals surface area (Å²) in [5.74, 6) is 1.56. The normalized spacial score (nSPS) is 14.4. The van der Waals surface area contributed by atoms with Crippen LogP contribution in [-0.2, 0) is 17.6 Å². The molecule has 1 aromatic heterocycles. The number of carbonyl (C=O) groups excluding carboxylic acids is 1. The molecule has 30 heavy (non-hydrogen) atoms. The fraction of sp³-hybridized carbons (Fsp3) is 0.375. The highest BCUT2D eigenvalue weighted by Gasteiger charge is 2.16. The maximum Gasteiger partial charge on any atom is 0.298 e. The minimum absolute atomic E-state index is 0.0976. The quantitative estimate of drug-likeness (QED) is 0.568. The van der Waals surface area contributed by atoms with Crippen molar-refractivity contribution >= 4 is 17.4 Å². The van der Waals surface area contributed by atoms with Crippen molar-refractivity contribution in [2.24, 2.45) is 0 Å². The Hall–Kier alpha value is -2.73. The Balaban J connectivity index is 1.28. The Morgan fingerprint density at radius 3 is 2.47 bits per heavy atom. The minimum atomic E-state index is 0.0976. The fourth-order valence-corrected chi connectivity index (χ4v) is 4.30. The summed E-state index contributed by atoms with van der Waals surface area (Å²) in [6.07, 6.45) is 7.02. The average Bonchev–Trinajstić information content (AvgIpc) is 3.18. The van der Waals surface area contributed by atoms with Crippen molar-refractivity contribution in [3.63, 3.8) is 0 Å². The lowest BCUT2D eigenvalue weighted by Gasteiger charge is -2.22. The molecule has 0 aliphatic heterocycles. The molecular weight excluding hydrogens is 394 g/mol. The van der Waals surface area contributed by atoms with Crippen LogP contribution < -0.4 is 10.1 Å². The van der Waals surface area contributed by atoms with Gasteiger partial charge in [-0.25, -0.2) is 0 Å². The number of aryl methyl sites for hydroxylation is 1. The summed E-state index contributed by atoms with van der Waals surface area (Å²) in [5, 5.41) is 3.69. The van der Waals surface area contributed by atoms with Crippen LogP contribution in [-0.4, -0.2) is 21.3 Å². The molecular formula is C24H27N3O2S. The van der Waals surface area contributed by atoms with E-state index in [0.717, 1.165) is 24.2 Å². The number of aromatic nitrogens is 2. The minimum Gasteiger partial charge on any atom is -0.430 e. The second-order valence-electron chi connectivity index (χ2n) is 7.96. The van der Waals surface area contributed by atoms with E-state index in [1.54, 1.807) is 0 Å². The zero-order chi connectivity index (χ0) is 20.8. The second-order valence-corrected chi connectivity index (χ2v) is 8.68. The number of carbonyl (C=O) groups is 1. The molecule has 0 bridgehead atoms. The molecule has 1 aliphatic carbocycles. The van der Waals surface area contributed by atoms with E-state index in [1.807, 2.05) is 24.3 Å². The van der Waals surface area contributed by atoms with E-state index in [4.69, 9.17) is 4.74 Å². The lowest BCUT2D eigenvalue weighted by atomic mass is 9.95. The van der Waals surface area contributed by atoms with Crippen LogP contribution in [0.25, 0.3) is 0 Å². The third-order valence-electron chi connectivity index (χ3n) is 5.40. The molecule has 0 spiro atoms. The van der Waals surface area contributed by atoms with Crippen molar-refractivity contribution in [2.75, 3.05) is 0 Å². The van der Waals surface area contributed by atoms with Crippen LogP contribution in [0.5, 0.6) is 10.9 Å². The number of hydrogen-bond donors (Lipinski definition) is 1. The van der Waals surface area contributed by atoms with Crippen LogP contribution in [0.4, 0.5) is 0 Å². The molecule has 0 unspecified atom stereocenters. The van der Waals surface area contributed by atoms with E-state index in [1.165, 1.54) is 41.9 Å². The van der Waals surface area contributed by atoms with Crippen LogP contribution in [0.2, 0.25) is 0 Å². The van der Waals surface area contributed by atoms with E-state index < -0.39 is 0 Å². The van der Waals surface area contributed by atoms with Gasteiger partial charge >= 0.3 is 0 Å². The first-order chi connectivity index (χ1) is 14.6. The third-order valence-corrected chi connectivity index (χ3v) is 6.03. The first kappa shape index (κ1) is 20.5. The molecule has 3 aromatic rings. The molecule has 1 saturated carbocycles. The van der Waals surface area contributed by atoms with Crippen molar-refractivity contribution in [2.45, 2.75) is 57.9 Å². The summed E-state index contributed by atoms with van der Waals surface area (Å²) < 4.78 is 10.2. The van der Waals surface area contributed by atoms with E-state index >= 15 is 0 Å². The van der Waals surface area contributed by atoms with Crippen LogP contribution in [0, 0.1) is 6.92 Å². The maximum absolute atomic E-state index is 12.3. The molecule has 6 heteroatoms. The molecule has 4 rings (SSSR count). The number of amides is 1. The van der Waals surface area contributed by atoms with Crippen molar-refractivity contribution in [1.82, 2.24) is 14.7 Å². The van der Waals surface area contributed by atoms with Crippen LogP contribution >= 0.6 is 11.5 Å². The van der Waals surface area contributed by atoms with Crippen molar-refractivity contribution < 1.29 is 9.53 Å². The number of ether oxygens (including phenoxy) is 1. The van der Waals surface area contributed by atoms with Gasteiger partial charge in [0.25, 0.3) is 5.19 Å². The number of benzene rings is 2. The summed E-state index contributed by atoms with van der Waals surface area (Å²) in [5.41, 5.74) is 3.40. The zero-order valence-electron chi connectivity index (χ0n) is 17.3. The topological polar surface area (TPSA) is 64.1 Å². The molecule has 2 aromatic carbocycles. The summed E-state index contributed by atoms with van der Waals surface area (Å²) in [7, 11) is 0. The summed E-state index contributed by atoms with van der Waals surface area (Å²) in [6.45, 7) is 2.07. The summed E-state index contributed by atoms with van der Waals surface area (Å²) in [4.78, 5) is 16.7. The Kier molecular flexibility index (Phi) is 6.74. The van der Waals surface area contributed by atoms with Crippen molar-refractivity contribution in [3.05, 3.63) is 71.0 Å². The van der Waals surface area contributed by atoms with Gasteiger partial charge in [-0.1, -0.05) is 61.2 Å². The van der Waals surface area contributed by atoms with Gasteiger partial charge in [-0.05, 0) is 43.0 Å². The van der Waals surface area contributed by atoms with Crippen LogP contribution in [0.3, 0.4) is 0 Å². The van der Waals surface area contributed by atoms with Crippen molar-refractivity contribution in [3.8, 4) is 10.9 Å². The first-order valence-corrected chi connectivity index (χ1v) is 11.4. The molecule has 0 saturated heterocycles. The Labute approximate surface area is 181 Å². The van der Waals surface area contributed by atoms with E-state index in [-0.39, 0.29) is 5.91 Å². The number of rotatable bonds is 7. The Morgan fingerprint density at radius 2 is 1.73 bits per heavy atom. The zero-order valence-corrected chi connectivity index (χ0v) is 18.1. The predicted molar refractivity (Wildman–Crippen MR) is 119 cm³/mol. The van der Waals surface area contributed by atoms with Gasteiger partial charge in [0.05, 0.1) is 6.42 Å². The smallest absolute Gasteiger partial charge is 0.298 e. The van der Waals surface area contributed by atoms with Crippen LogP contribution in [0.1, 0.15) is 54.6 Å². The van der Waals surface area contributed by atoms with Crippen LogP contribution in [0.15, 0.2) is 48.5 Å². The lowest BCUT2D eigenvalue weighted by Crippen LogP contribution is -2.37. The van der Waals surface area contributed by atoms with Gasteiger partial charge in [-0.3, -0.25) is 4.79 Å². The second kappa shape index (κ2) is 9.85. The maximum atomic E-state index is 12.3. The van der Waals surface area contributed by atoms with Gasteiger partial charge < -0.3 is 10.1 Å². The van der Waals surface area contributed by atoms with E-state index in [2.05, 4.69) is 45.9 Å². The standard InChI is InChI=1S/C24H27N3O2S/c1-17-7-9-18(10-8-17)15-22-26-24(30-27-22)29-21-13-11-19(12-14-21)16-23(28)25-20-5-3-2-4-6-20/h7-14,20H,2-6,15-16H2,1H3,(H,25,28). The van der Waals surface area contributed by atoms with Gasteiger partial charge in [0, 0.05) is 24.0 Å². The molecule has 5 nitrogen and oxygen atoms in total. The Morgan fingerprint density at radius 1 is 1.03 bits per heavy atom. The highest BCUT2D eigenvalue weighted by Crippen LogP contribution is 2.24. The van der Waals surface area contributed by atoms with Gasteiger partial charge in [0.1, 0.15) is 5.75 Å². The van der Waals surface area contributed by atoms with Crippen molar-refractivity contribution in [1.29, 1.82) is 0 Å². The van der Waals surface area contributed by atoms with Gasteiger partial charge in [0.15, 0.2) is 5.82 Å². The van der Waals surface area contributed by atoms with E-state index in [9.17, 15) is 4.79 Å². The average molecular weight is 422 g/mol. The van der Waals surface area contributed by atoms with Gasteiger partial charge in [-0.15, -0.1) is 0 Å². The Bertz CT molecular complexity index is 961. The summed E-state index contributed by atoms with van der Waals surface area (Å²) in [6, 6.07) is 16.4. The summed E-state index contributed by atoms with van der Waals surface area (Å²) >= 11 is 1.25. The highest BCUT2D eigenvalue weighted by molar-refractivity contribution is 7.07. The number of hydrogen-bond acceptors (Lipinski definition) is 5. The fourth-order valence-electron chi connectivity index (χ4n) is 3.73. The molecule has 0 atom stereocenters. The van der Waals surface area contributed by atoms with E-state index in [0.29, 0.717) is 29.8 Å². The van der Waals surface area contributed by atoms with Gasteiger partial charge in [-0.2, -0.15) is 9.36 Å². The molecule has 1 N–H and O–H groups in total. The number of nitrogens with one attached hydrogen (secondary N) is 1. The molecule has 1 heterocycles. The van der Waals surface area contributed by atoms with Gasteiger partial charge in [0.2, 0.25) is 5.91 Å². The monoisotopic (exact) mass is 421 g/mol. The molecule has 156 valence electrons. The highest BCUT2D eigenvalue weighted by atomic mass is 32.1. The molecule has 1 fully saturated rings. The number of nitrogens with zero attached hydrogens (tertiary/aromatic N) is 2. The predicted octanol–water partition coefficient (Wildman–Crippen LogP) is 5.22. The molecule has 1 aliphatic rings. The largest absolute Gasteiger partial charge is 0.430 e. The third kappa shape index (κ3) is 5.89. The molecule has 0 radical (unpaired) electrons.